The van der Waals surface area contributed by atoms with Gasteiger partial charge in [0.25, 0.3) is 0 Å². The van der Waals surface area contributed by atoms with Gasteiger partial charge in [0.05, 0.1) is 16.7 Å². The van der Waals surface area contributed by atoms with E-state index in [1.54, 1.807) is 0 Å². The Morgan fingerprint density at radius 3 is 2.20 bits per heavy atom. The molecule has 1 aliphatic rings. The molecule has 0 spiro atoms. The zero-order chi connectivity index (χ0) is 16.4. The van der Waals surface area contributed by atoms with Gasteiger partial charge in [0.2, 0.25) is 0 Å². The van der Waals surface area contributed by atoms with E-state index < -0.39 is 0 Å². The summed E-state index contributed by atoms with van der Waals surface area (Å²) in [5, 5.41) is 2.46. The van der Waals surface area contributed by atoms with E-state index in [0.29, 0.717) is 0 Å². The van der Waals surface area contributed by atoms with Crippen molar-refractivity contribution in [2.75, 3.05) is 0 Å². The number of hydrogen-bond acceptors (Lipinski definition) is 1. The number of pyridine rings is 1. The summed E-state index contributed by atoms with van der Waals surface area (Å²) in [4.78, 5) is 4.37. The van der Waals surface area contributed by atoms with E-state index in [-0.39, 0.29) is 0 Å². The fraction of sp³-hybridized carbons (Fsp3) is 0. The Labute approximate surface area is 145 Å². The van der Waals surface area contributed by atoms with Crippen LogP contribution >= 0.6 is 0 Å². The molecule has 0 unspecified atom stereocenters. The lowest BCUT2D eigenvalue weighted by atomic mass is 9.94. The van der Waals surface area contributed by atoms with Crippen LogP contribution in [0.15, 0.2) is 85.2 Å². The molecule has 1 aliphatic heterocycles. The molecule has 6 rings (SSSR count). The molecule has 2 heteroatoms. The highest BCUT2D eigenvalue weighted by atomic mass is 15.0. The van der Waals surface area contributed by atoms with Crippen LogP contribution in [0.4, 0.5) is 0 Å². The van der Waals surface area contributed by atoms with Crippen molar-refractivity contribution in [1.29, 1.82) is 0 Å². The van der Waals surface area contributed by atoms with E-state index in [2.05, 4.69) is 82.3 Å². The third-order valence-corrected chi connectivity index (χ3v) is 5.24. The zero-order valence-electron chi connectivity index (χ0n) is 13.5. The van der Waals surface area contributed by atoms with Crippen LogP contribution < -0.4 is 0 Å². The lowest BCUT2D eigenvalue weighted by molar-refractivity contribution is 1.18. The average Bonchev–Trinajstić information content (AvgIpc) is 2.96. The summed E-state index contributed by atoms with van der Waals surface area (Å²) in [5.41, 5.74) is 8.82. The number of nitrogens with zero attached hydrogens (tertiary/aromatic N) is 2. The zero-order valence-corrected chi connectivity index (χ0v) is 13.5. The molecule has 2 nitrogen and oxygen atoms in total. The van der Waals surface area contributed by atoms with Gasteiger partial charge in [-0.1, -0.05) is 60.7 Å². The van der Waals surface area contributed by atoms with E-state index in [1.807, 2.05) is 12.4 Å². The predicted octanol–water partition coefficient (Wildman–Crippen LogP) is 5.83. The summed E-state index contributed by atoms with van der Waals surface area (Å²) in [5.74, 6) is 0. The number of para-hydroxylation sites is 2. The third kappa shape index (κ3) is 1.56. The maximum absolute atomic E-state index is 4.37. The van der Waals surface area contributed by atoms with E-state index in [4.69, 9.17) is 0 Å². The highest BCUT2D eigenvalue weighted by Gasteiger charge is 2.23. The molecule has 25 heavy (non-hydrogen) atoms. The molecule has 5 aromatic rings. The van der Waals surface area contributed by atoms with Crippen LogP contribution in [0.25, 0.3) is 49.7 Å². The minimum Gasteiger partial charge on any atom is -0.308 e. The van der Waals surface area contributed by atoms with Gasteiger partial charge >= 0.3 is 0 Å². The molecule has 0 atom stereocenters. The van der Waals surface area contributed by atoms with Crippen molar-refractivity contribution in [3.05, 3.63) is 85.2 Å². The van der Waals surface area contributed by atoms with Gasteiger partial charge < -0.3 is 4.57 Å². The molecule has 0 N–H and O–H groups in total. The van der Waals surface area contributed by atoms with Crippen molar-refractivity contribution >= 4 is 21.8 Å². The fourth-order valence-corrected chi connectivity index (χ4v) is 4.23. The third-order valence-electron chi connectivity index (χ3n) is 5.24. The second-order valence-electron chi connectivity index (χ2n) is 6.49. The Bertz CT molecular complexity index is 1290. The van der Waals surface area contributed by atoms with Crippen LogP contribution in [0.3, 0.4) is 0 Å². The normalized spacial score (nSPS) is 12.0. The molecule has 0 bridgehead atoms. The van der Waals surface area contributed by atoms with Crippen LogP contribution in [0, 0.1) is 0 Å². The molecular weight excluding hydrogens is 304 g/mol. The lowest BCUT2D eigenvalue weighted by Crippen LogP contribution is -1.95. The molecular formula is C23H14N2. The second-order valence-corrected chi connectivity index (χ2v) is 6.49. The number of hydrogen-bond donors (Lipinski definition) is 0. The number of aromatic nitrogens is 2. The summed E-state index contributed by atoms with van der Waals surface area (Å²) in [6.45, 7) is 0. The van der Waals surface area contributed by atoms with Crippen molar-refractivity contribution in [1.82, 2.24) is 9.55 Å². The van der Waals surface area contributed by atoms with E-state index in [9.17, 15) is 0 Å². The molecule has 0 saturated heterocycles. The lowest BCUT2D eigenvalue weighted by Gasteiger charge is -2.11. The molecule has 0 aliphatic carbocycles. The number of rotatable bonds is 0. The molecule has 3 heterocycles. The van der Waals surface area contributed by atoms with E-state index >= 15 is 0 Å². The van der Waals surface area contributed by atoms with Gasteiger partial charge in [-0.15, -0.1) is 0 Å². The molecule has 0 radical (unpaired) electrons. The largest absolute Gasteiger partial charge is 0.308 e. The summed E-state index contributed by atoms with van der Waals surface area (Å²) in [6, 6.07) is 26.1. The maximum atomic E-state index is 4.37. The Hall–Kier alpha value is -3.39. The van der Waals surface area contributed by atoms with E-state index in [0.717, 1.165) is 0 Å². The Morgan fingerprint density at radius 1 is 0.600 bits per heavy atom. The van der Waals surface area contributed by atoms with Gasteiger partial charge in [0.1, 0.15) is 0 Å². The van der Waals surface area contributed by atoms with Crippen LogP contribution in [-0.2, 0) is 0 Å². The SMILES string of the molecule is c1ccc2c(c1)-c1ccccc1-n1c3ccncc3c3cccc-2c31. The maximum Gasteiger partial charge on any atom is 0.0620 e. The Kier molecular flexibility index (Phi) is 2.37. The fourth-order valence-electron chi connectivity index (χ4n) is 4.23. The highest BCUT2D eigenvalue weighted by molar-refractivity contribution is 6.16. The van der Waals surface area contributed by atoms with Gasteiger partial charge in [0.15, 0.2) is 0 Å². The monoisotopic (exact) mass is 318 g/mol. The molecule has 0 saturated carbocycles. The Balaban J connectivity index is 1.99. The van der Waals surface area contributed by atoms with Gasteiger partial charge in [-0.3, -0.25) is 4.98 Å². The second kappa shape index (κ2) is 4.58. The van der Waals surface area contributed by atoms with Crippen molar-refractivity contribution in [2.45, 2.75) is 0 Å². The minimum absolute atomic E-state index is 1.20. The van der Waals surface area contributed by atoms with Crippen LogP contribution in [0.2, 0.25) is 0 Å². The first-order chi connectivity index (χ1) is 12.4. The van der Waals surface area contributed by atoms with Gasteiger partial charge in [-0.05, 0) is 23.3 Å². The quantitative estimate of drug-likeness (QED) is 0.345. The first-order valence-electron chi connectivity index (χ1n) is 8.50. The summed E-state index contributed by atoms with van der Waals surface area (Å²) < 4.78 is 2.40. The predicted molar refractivity (Wildman–Crippen MR) is 103 cm³/mol. The van der Waals surface area contributed by atoms with Gasteiger partial charge in [-0.25, -0.2) is 0 Å². The first kappa shape index (κ1) is 13.0. The highest BCUT2D eigenvalue weighted by Crippen LogP contribution is 2.45. The van der Waals surface area contributed by atoms with Crippen molar-refractivity contribution in [3.63, 3.8) is 0 Å². The standard InChI is InChI=1S/C23H14N2/c1-2-7-16-15(6-1)17-8-3-4-11-21(17)25-22-12-13-24-14-20(22)19-10-5-9-18(16)23(19)25/h1-14H. The summed E-state index contributed by atoms with van der Waals surface area (Å²) >= 11 is 0. The van der Waals surface area contributed by atoms with Crippen molar-refractivity contribution < 1.29 is 0 Å². The Morgan fingerprint density at radius 2 is 1.32 bits per heavy atom. The molecule has 116 valence electrons. The van der Waals surface area contributed by atoms with Gasteiger partial charge in [0, 0.05) is 34.3 Å². The molecule has 3 aromatic carbocycles. The number of benzene rings is 3. The summed E-state index contributed by atoms with van der Waals surface area (Å²) in [7, 11) is 0. The molecule has 0 amide bonds. The van der Waals surface area contributed by atoms with Crippen LogP contribution in [0.5, 0.6) is 0 Å². The van der Waals surface area contributed by atoms with Crippen molar-refractivity contribution in [2.24, 2.45) is 0 Å². The summed E-state index contributed by atoms with van der Waals surface area (Å²) in [6.07, 6.45) is 3.86. The van der Waals surface area contributed by atoms with Crippen LogP contribution in [-0.4, -0.2) is 9.55 Å². The van der Waals surface area contributed by atoms with Crippen LogP contribution in [0.1, 0.15) is 0 Å². The van der Waals surface area contributed by atoms with Gasteiger partial charge in [-0.2, -0.15) is 0 Å². The smallest absolute Gasteiger partial charge is 0.0620 e. The van der Waals surface area contributed by atoms with E-state index in [1.165, 1.54) is 49.7 Å². The first-order valence-corrected chi connectivity index (χ1v) is 8.50. The average molecular weight is 318 g/mol. The number of fused-ring (bicyclic) bond motifs is 8. The molecule has 0 fully saturated rings. The molecule has 2 aromatic heterocycles. The minimum atomic E-state index is 1.20. The topological polar surface area (TPSA) is 17.8 Å². The van der Waals surface area contributed by atoms with Crippen molar-refractivity contribution in [3.8, 4) is 27.9 Å².